The van der Waals surface area contributed by atoms with Crippen LogP contribution in [0.5, 0.6) is 0 Å². The molecule has 0 saturated heterocycles. The molecule has 0 saturated carbocycles. The van der Waals surface area contributed by atoms with Crippen LogP contribution < -0.4 is 0 Å². The van der Waals surface area contributed by atoms with Gasteiger partial charge < -0.3 is 14.4 Å². The topological polar surface area (TPSA) is 68.4 Å². The summed E-state index contributed by atoms with van der Waals surface area (Å²) in [5.74, 6) is 0.592. The average Bonchev–Trinajstić information content (AvgIpc) is 2.97. The van der Waals surface area contributed by atoms with Crippen molar-refractivity contribution in [3.63, 3.8) is 0 Å². The minimum Gasteiger partial charge on any atom is -0.388 e. The van der Waals surface area contributed by atoms with Crippen LogP contribution in [0, 0.1) is 0 Å². The van der Waals surface area contributed by atoms with Crippen LogP contribution in [0.15, 0.2) is 34.9 Å². The predicted molar refractivity (Wildman–Crippen MR) is 74.1 cm³/mol. The molecule has 108 valence electrons. The standard InChI is InChI=1S/C15H20N2O3/c1-10(12(18)11-8-6-5-7-9-11)13-16-14(17-20-13)15(2,3)19-4/h5-10,12,18H,1-4H3. The molecule has 0 spiro atoms. The molecule has 2 atom stereocenters. The highest BCUT2D eigenvalue weighted by Crippen LogP contribution is 2.30. The Kier molecular flexibility index (Phi) is 4.20. The summed E-state index contributed by atoms with van der Waals surface area (Å²) in [5.41, 5.74) is 0.213. The molecule has 1 N–H and O–H groups in total. The number of nitrogens with zero attached hydrogens (tertiary/aromatic N) is 2. The Morgan fingerprint density at radius 2 is 1.90 bits per heavy atom. The van der Waals surface area contributed by atoms with E-state index in [1.807, 2.05) is 51.1 Å². The van der Waals surface area contributed by atoms with E-state index in [9.17, 15) is 5.11 Å². The van der Waals surface area contributed by atoms with Crippen LogP contribution in [-0.4, -0.2) is 22.4 Å². The smallest absolute Gasteiger partial charge is 0.232 e. The van der Waals surface area contributed by atoms with Gasteiger partial charge in [-0.25, -0.2) is 0 Å². The largest absolute Gasteiger partial charge is 0.388 e. The highest BCUT2D eigenvalue weighted by molar-refractivity contribution is 5.20. The van der Waals surface area contributed by atoms with Crippen LogP contribution in [0.25, 0.3) is 0 Å². The number of rotatable bonds is 5. The first kappa shape index (κ1) is 14.7. The molecule has 0 radical (unpaired) electrons. The summed E-state index contributed by atoms with van der Waals surface area (Å²) in [6.07, 6.45) is -0.685. The summed E-state index contributed by atoms with van der Waals surface area (Å²) < 4.78 is 10.6. The number of aliphatic hydroxyl groups is 1. The van der Waals surface area contributed by atoms with E-state index < -0.39 is 11.7 Å². The maximum atomic E-state index is 10.4. The zero-order valence-corrected chi connectivity index (χ0v) is 12.2. The van der Waals surface area contributed by atoms with Crippen LogP contribution in [0.3, 0.4) is 0 Å². The molecule has 5 heteroatoms. The summed E-state index contributed by atoms with van der Waals surface area (Å²) in [7, 11) is 1.60. The Labute approximate surface area is 118 Å². The van der Waals surface area contributed by atoms with Gasteiger partial charge in [0.25, 0.3) is 0 Å². The summed E-state index contributed by atoms with van der Waals surface area (Å²) in [6, 6.07) is 9.43. The fourth-order valence-corrected chi connectivity index (χ4v) is 1.83. The molecule has 0 amide bonds. The van der Waals surface area contributed by atoms with Gasteiger partial charge >= 0.3 is 0 Å². The van der Waals surface area contributed by atoms with Crippen molar-refractivity contribution in [2.75, 3.05) is 7.11 Å². The Morgan fingerprint density at radius 1 is 1.25 bits per heavy atom. The molecule has 0 aliphatic carbocycles. The van der Waals surface area contributed by atoms with Crippen molar-refractivity contribution in [3.8, 4) is 0 Å². The molecule has 1 aromatic heterocycles. The Hall–Kier alpha value is -1.72. The molecule has 2 unspecified atom stereocenters. The van der Waals surface area contributed by atoms with Gasteiger partial charge in [-0.15, -0.1) is 0 Å². The van der Waals surface area contributed by atoms with Crippen molar-refractivity contribution in [1.29, 1.82) is 0 Å². The number of ether oxygens (including phenoxy) is 1. The van der Waals surface area contributed by atoms with Crippen molar-refractivity contribution in [2.45, 2.75) is 38.4 Å². The lowest BCUT2D eigenvalue weighted by atomic mass is 9.97. The number of aromatic nitrogens is 2. The maximum absolute atomic E-state index is 10.4. The second-order valence-corrected chi connectivity index (χ2v) is 5.31. The lowest BCUT2D eigenvalue weighted by Gasteiger charge is -2.18. The molecule has 0 aliphatic heterocycles. The number of benzene rings is 1. The molecule has 5 nitrogen and oxygen atoms in total. The third kappa shape index (κ3) is 2.89. The molecule has 0 aliphatic rings. The highest BCUT2D eigenvalue weighted by atomic mass is 16.5. The number of aliphatic hydroxyl groups excluding tert-OH is 1. The molecular formula is C15H20N2O3. The van der Waals surface area contributed by atoms with Crippen molar-refractivity contribution in [3.05, 3.63) is 47.6 Å². The molecule has 0 bridgehead atoms. The lowest BCUT2D eigenvalue weighted by molar-refractivity contribution is 0.00973. The van der Waals surface area contributed by atoms with E-state index in [1.165, 1.54) is 0 Å². The number of hydrogen-bond acceptors (Lipinski definition) is 5. The SMILES string of the molecule is COC(C)(C)c1noc(C(C)C(O)c2ccccc2)n1. The monoisotopic (exact) mass is 276 g/mol. The van der Waals surface area contributed by atoms with E-state index in [0.717, 1.165) is 5.56 Å². The van der Waals surface area contributed by atoms with E-state index in [2.05, 4.69) is 10.1 Å². The third-order valence-electron chi connectivity index (χ3n) is 3.49. The highest BCUT2D eigenvalue weighted by Gasteiger charge is 2.29. The summed E-state index contributed by atoms with van der Waals surface area (Å²) >= 11 is 0. The van der Waals surface area contributed by atoms with Gasteiger partial charge in [0.05, 0.1) is 12.0 Å². The molecule has 1 heterocycles. The van der Waals surface area contributed by atoms with E-state index in [4.69, 9.17) is 9.26 Å². The summed E-state index contributed by atoms with van der Waals surface area (Å²) in [5, 5.41) is 14.3. The minimum absolute atomic E-state index is 0.286. The Morgan fingerprint density at radius 3 is 2.50 bits per heavy atom. The van der Waals surface area contributed by atoms with Crippen LogP contribution in [0.4, 0.5) is 0 Å². The van der Waals surface area contributed by atoms with E-state index >= 15 is 0 Å². The van der Waals surface area contributed by atoms with Gasteiger partial charge in [0, 0.05) is 7.11 Å². The lowest BCUT2D eigenvalue weighted by Crippen LogP contribution is -2.21. The van der Waals surface area contributed by atoms with Crippen molar-refractivity contribution < 1.29 is 14.4 Å². The summed E-state index contributed by atoms with van der Waals surface area (Å²) in [4.78, 5) is 4.34. The number of hydrogen-bond donors (Lipinski definition) is 1. The fourth-order valence-electron chi connectivity index (χ4n) is 1.83. The molecule has 20 heavy (non-hydrogen) atoms. The quantitative estimate of drug-likeness (QED) is 0.909. The van der Waals surface area contributed by atoms with E-state index in [1.54, 1.807) is 7.11 Å². The van der Waals surface area contributed by atoms with Gasteiger partial charge in [-0.05, 0) is 19.4 Å². The average molecular weight is 276 g/mol. The molecule has 2 aromatic rings. The second kappa shape index (κ2) is 5.73. The van der Waals surface area contributed by atoms with Gasteiger partial charge in [-0.3, -0.25) is 0 Å². The first-order chi connectivity index (χ1) is 9.45. The second-order valence-electron chi connectivity index (χ2n) is 5.31. The van der Waals surface area contributed by atoms with E-state index in [-0.39, 0.29) is 5.92 Å². The van der Waals surface area contributed by atoms with Gasteiger partial charge in [0.15, 0.2) is 0 Å². The first-order valence-electron chi connectivity index (χ1n) is 6.58. The maximum Gasteiger partial charge on any atom is 0.232 e. The van der Waals surface area contributed by atoms with Crippen LogP contribution >= 0.6 is 0 Å². The Bertz CT molecular complexity index is 551. The number of methoxy groups -OCH3 is 1. The van der Waals surface area contributed by atoms with Crippen LogP contribution in [0.1, 0.15) is 50.1 Å². The van der Waals surface area contributed by atoms with Crippen LogP contribution in [0.2, 0.25) is 0 Å². The molecule has 1 aromatic carbocycles. The predicted octanol–water partition coefficient (Wildman–Crippen LogP) is 2.79. The normalized spacial score (nSPS) is 15.1. The van der Waals surface area contributed by atoms with Crippen molar-refractivity contribution in [2.24, 2.45) is 0 Å². The van der Waals surface area contributed by atoms with Gasteiger partial charge in [-0.1, -0.05) is 42.4 Å². The fraction of sp³-hybridized carbons (Fsp3) is 0.467. The zero-order chi connectivity index (χ0) is 14.8. The third-order valence-corrected chi connectivity index (χ3v) is 3.49. The van der Waals surface area contributed by atoms with Gasteiger partial charge in [0.2, 0.25) is 11.7 Å². The zero-order valence-electron chi connectivity index (χ0n) is 12.2. The summed E-state index contributed by atoms with van der Waals surface area (Å²) in [6.45, 7) is 5.58. The van der Waals surface area contributed by atoms with E-state index in [0.29, 0.717) is 11.7 Å². The molecule has 0 fully saturated rings. The van der Waals surface area contributed by atoms with Gasteiger partial charge in [-0.2, -0.15) is 4.98 Å². The Balaban J connectivity index is 2.20. The van der Waals surface area contributed by atoms with Crippen molar-refractivity contribution in [1.82, 2.24) is 10.1 Å². The van der Waals surface area contributed by atoms with Crippen LogP contribution in [-0.2, 0) is 10.3 Å². The molecule has 2 rings (SSSR count). The molecular weight excluding hydrogens is 256 g/mol. The van der Waals surface area contributed by atoms with Gasteiger partial charge in [0.1, 0.15) is 5.60 Å². The minimum atomic E-state index is -0.685. The van der Waals surface area contributed by atoms with Crippen molar-refractivity contribution >= 4 is 0 Å². The first-order valence-corrected chi connectivity index (χ1v) is 6.58.